The fourth-order valence-corrected chi connectivity index (χ4v) is 2.55. The fourth-order valence-electron chi connectivity index (χ4n) is 2.55. The van der Waals surface area contributed by atoms with E-state index in [4.69, 9.17) is 4.74 Å². The highest BCUT2D eigenvalue weighted by atomic mass is 16.5. The van der Waals surface area contributed by atoms with Crippen LogP contribution in [-0.4, -0.2) is 36.5 Å². The van der Waals surface area contributed by atoms with Crippen molar-refractivity contribution in [2.24, 2.45) is 5.92 Å². The van der Waals surface area contributed by atoms with Gasteiger partial charge in [0.05, 0.1) is 20.3 Å². The molecule has 96 valence electrons. The molecule has 4 nitrogen and oxygen atoms in total. The van der Waals surface area contributed by atoms with Crippen molar-refractivity contribution >= 4 is 5.97 Å². The van der Waals surface area contributed by atoms with Crippen LogP contribution in [0.2, 0.25) is 0 Å². The lowest BCUT2D eigenvalue weighted by Crippen LogP contribution is -2.37. The van der Waals surface area contributed by atoms with Gasteiger partial charge in [-0.2, -0.15) is 0 Å². The molecule has 2 atom stereocenters. The Bertz CT molecular complexity index is 464. The van der Waals surface area contributed by atoms with E-state index in [0.717, 1.165) is 5.56 Å². The molecular formula is C14H16O4. The predicted octanol–water partition coefficient (Wildman–Crippen LogP) is 0.854. The molecule has 0 amide bonds. The van der Waals surface area contributed by atoms with Crippen LogP contribution in [0.1, 0.15) is 11.5 Å². The van der Waals surface area contributed by atoms with Gasteiger partial charge in [-0.05, 0) is 11.1 Å². The molecule has 0 fully saturated rings. The lowest BCUT2D eigenvalue weighted by atomic mass is 9.65. The van der Waals surface area contributed by atoms with Crippen LogP contribution in [0.25, 0.3) is 0 Å². The lowest BCUT2D eigenvalue weighted by molar-refractivity contribution is -0.137. The zero-order chi connectivity index (χ0) is 13.1. The second-order valence-electron chi connectivity index (χ2n) is 4.27. The third kappa shape index (κ3) is 1.94. The molecule has 0 radical (unpaired) electrons. The Hall–Kier alpha value is -1.65. The molecule has 0 heterocycles. The van der Waals surface area contributed by atoms with Crippen LogP contribution in [0.4, 0.5) is 0 Å². The minimum Gasteiger partial charge on any atom is -0.466 e. The molecule has 4 heteroatoms. The van der Waals surface area contributed by atoms with Crippen molar-refractivity contribution in [3.8, 4) is 0 Å². The second-order valence-corrected chi connectivity index (χ2v) is 4.27. The third-order valence-electron chi connectivity index (χ3n) is 3.44. The van der Waals surface area contributed by atoms with Crippen molar-refractivity contribution in [3.63, 3.8) is 0 Å². The van der Waals surface area contributed by atoms with Gasteiger partial charge in [-0.1, -0.05) is 30.3 Å². The topological polar surface area (TPSA) is 66.8 Å². The minimum atomic E-state index is -0.433. The summed E-state index contributed by atoms with van der Waals surface area (Å²) >= 11 is 0. The molecule has 0 saturated carbocycles. The first kappa shape index (κ1) is 12.8. The van der Waals surface area contributed by atoms with E-state index in [1.165, 1.54) is 7.11 Å². The first-order valence-corrected chi connectivity index (χ1v) is 5.82. The van der Waals surface area contributed by atoms with Crippen molar-refractivity contribution < 1.29 is 19.7 Å². The molecule has 0 spiro atoms. The van der Waals surface area contributed by atoms with Gasteiger partial charge in [0.1, 0.15) is 0 Å². The van der Waals surface area contributed by atoms with Gasteiger partial charge in [0, 0.05) is 17.4 Å². The van der Waals surface area contributed by atoms with E-state index in [2.05, 4.69) is 0 Å². The summed E-state index contributed by atoms with van der Waals surface area (Å²) in [4.78, 5) is 11.7. The maximum atomic E-state index is 11.7. The number of carbonyl (C=O) groups excluding carboxylic acids is 1. The number of ether oxygens (including phenoxy) is 1. The molecule has 1 aromatic rings. The van der Waals surface area contributed by atoms with E-state index < -0.39 is 5.97 Å². The Labute approximate surface area is 106 Å². The predicted molar refractivity (Wildman–Crippen MR) is 65.9 cm³/mol. The number of hydrogen-bond acceptors (Lipinski definition) is 4. The maximum absolute atomic E-state index is 11.7. The molecule has 0 unspecified atom stereocenters. The molecule has 18 heavy (non-hydrogen) atoms. The number of benzene rings is 1. The Balaban J connectivity index is 2.41. The van der Waals surface area contributed by atoms with E-state index in [-0.39, 0.29) is 25.0 Å². The number of methoxy groups -OCH3 is 1. The summed E-state index contributed by atoms with van der Waals surface area (Å²) in [6.45, 7) is -0.311. The van der Waals surface area contributed by atoms with E-state index in [1.807, 2.05) is 30.3 Å². The highest BCUT2D eigenvalue weighted by Gasteiger charge is 2.44. The standard InChI is InChI=1S/C14H16O4/c1-18-14(17)13-11(8-16)10(7-15)12(13)9-5-3-2-4-6-9/h2-6,10,12,15-16H,7-8H2,1H3/t10-,12+/m1/s1. The number of carbonyl (C=O) groups is 1. The minimum absolute atomic E-state index is 0.0874. The van der Waals surface area contributed by atoms with Crippen molar-refractivity contribution in [1.29, 1.82) is 0 Å². The number of aliphatic hydroxyl groups excluding tert-OH is 2. The number of hydrogen-bond donors (Lipinski definition) is 2. The number of aliphatic hydroxyl groups is 2. The van der Waals surface area contributed by atoms with Crippen LogP contribution in [0.5, 0.6) is 0 Å². The molecule has 0 aliphatic heterocycles. The summed E-state index contributed by atoms with van der Waals surface area (Å²) in [7, 11) is 1.32. The highest BCUT2D eigenvalue weighted by molar-refractivity contribution is 5.94. The Morgan fingerprint density at radius 1 is 1.28 bits per heavy atom. The zero-order valence-electron chi connectivity index (χ0n) is 10.2. The number of esters is 1. The van der Waals surface area contributed by atoms with Crippen LogP contribution in [0.15, 0.2) is 41.5 Å². The Morgan fingerprint density at radius 3 is 2.44 bits per heavy atom. The summed E-state index contributed by atoms with van der Waals surface area (Å²) in [6, 6.07) is 9.48. The van der Waals surface area contributed by atoms with Crippen LogP contribution in [0, 0.1) is 5.92 Å². The SMILES string of the molecule is COC(=O)C1=C(CO)[C@@H](CO)[C@@H]1c1ccccc1. The molecule has 1 aromatic carbocycles. The van der Waals surface area contributed by atoms with Crippen LogP contribution >= 0.6 is 0 Å². The van der Waals surface area contributed by atoms with Gasteiger partial charge in [-0.3, -0.25) is 0 Å². The molecule has 0 saturated heterocycles. The first-order valence-electron chi connectivity index (χ1n) is 5.82. The van der Waals surface area contributed by atoms with Gasteiger partial charge in [0.2, 0.25) is 0 Å². The van der Waals surface area contributed by atoms with E-state index in [1.54, 1.807) is 0 Å². The molecule has 0 aromatic heterocycles. The summed E-state index contributed by atoms with van der Waals surface area (Å²) in [5.74, 6) is -0.824. The molecule has 2 rings (SSSR count). The summed E-state index contributed by atoms with van der Waals surface area (Å²) in [5, 5.41) is 18.7. The average molecular weight is 248 g/mol. The molecule has 1 aliphatic rings. The summed E-state index contributed by atoms with van der Waals surface area (Å²) in [5.41, 5.74) is 2.01. The van der Waals surface area contributed by atoms with Crippen LogP contribution in [0.3, 0.4) is 0 Å². The Morgan fingerprint density at radius 2 is 1.94 bits per heavy atom. The normalized spacial score (nSPS) is 22.6. The van der Waals surface area contributed by atoms with Gasteiger partial charge >= 0.3 is 5.97 Å². The van der Waals surface area contributed by atoms with Crippen molar-refractivity contribution in [3.05, 3.63) is 47.0 Å². The third-order valence-corrected chi connectivity index (χ3v) is 3.44. The monoisotopic (exact) mass is 248 g/mol. The summed E-state index contributed by atoms with van der Waals surface area (Å²) in [6.07, 6.45) is 0. The Kier molecular flexibility index (Phi) is 3.79. The van der Waals surface area contributed by atoms with Crippen LogP contribution < -0.4 is 0 Å². The maximum Gasteiger partial charge on any atom is 0.334 e. The summed E-state index contributed by atoms with van der Waals surface area (Å²) < 4.78 is 4.74. The van der Waals surface area contributed by atoms with Crippen LogP contribution in [-0.2, 0) is 9.53 Å². The van der Waals surface area contributed by atoms with Crippen molar-refractivity contribution in [2.45, 2.75) is 5.92 Å². The largest absolute Gasteiger partial charge is 0.466 e. The number of rotatable bonds is 4. The van der Waals surface area contributed by atoms with Gasteiger partial charge in [0.15, 0.2) is 0 Å². The van der Waals surface area contributed by atoms with E-state index >= 15 is 0 Å². The zero-order valence-corrected chi connectivity index (χ0v) is 10.2. The molecular weight excluding hydrogens is 232 g/mol. The average Bonchev–Trinajstić information content (AvgIpc) is 2.39. The van der Waals surface area contributed by atoms with Gasteiger partial charge in [-0.25, -0.2) is 4.79 Å². The molecule has 2 N–H and O–H groups in total. The highest BCUT2D eigenvalue weighted by Crippen LogP contribution is 2.47. The first-order chi connectivity index (χ1) is 8.74. The second kappa shape index (κ2) is 5.33. The van der Waals surface area contributed by atoms with E-state index in [9.17, 15) is 15.0 Å². The quantitative estimate of drug-likeness (QED) is 0.775. The van der Waals surface area contributed by atoms with Crippen molar-refractivity contribution in [1.82, 2.24) is 0 Å². The van der Waals surface area contributed by atoms with Crippen molar-refractivity contribution in [2.75, 3.05) is 20.3 Å². The smallest absolute Gasteiger partial charge is 0.334 e. The van der Waals surface area contributed by atoms with E-state index in [0.29, 0.717) is 11.1 Å². The fraction of sp³-hybridized carbons (Fsp3) is 0.357. The van der Waals surface area contributed by atoms with Gasteiger partial charge in [-0.15, -0.1) is 0 Å². The molecule has 0 bridgehead atoms. The molecule has 1 aliphatic carbocycles. The lowest BCUT2D eigenvalue weighted by Gasteiger charge is -2.39. The van der Waals surface area contributed by atoms with Gasteiger partial charge < -0.3 is 14.9 Å². The van der Waals surface area contributed by atoms with Gasteiger partial charge in [0.25, 0.3) is 0 Å².